The molecule has 35 heteroatoms. The molecular formula is C90H108Cl2N18O15. The number of amides is 9. The van der Waals surface area contributed by atoms with Crippen molar-refractivity contribution in [3.05, 3.63) is 208 Å². The summed E-state index contributed by atoms with van der Waals surface area (Å²) in [7, 11) is 1.31. The average molecular weight is 1750 g/mol. The number of primary amides is 1. The summed E-state index contributed by atoms with van der Waals surface area (Å²) in [5.41, 5.74) is 14.9. The van der Waals surface area contributed by atoms with Crippen LogP contribution in [-0.4, -0.2) is 240 Å². The van der Waals surface area contributed by atoms with Gasteiger partial charge in [-0.15, -0.1) is 0 Å². The molecule has 0 bridgehead atoms. The quantitative estimate of drug-likeness (QED) is 0.0424. The van der Waals surface area contributed by atoms with Crippen LogP contribution in [0.3, 0.4) is 0 Å². The van der Waals surface area contributed by atoms with Crippen molar-refractivity contribution in [1.82, 2.24) is 77.4 Å². The maximum Gasteiger partial charge on any atom is 0.329 e. The lowest BCUT2D eigenvalue weighted by molar-refractivity contribution is -0.141. The van der Waals surface area contributed by atoms with Crippen molar-refractivity contribution in [1.29, 1.82) is 5.26 Å². The highest BCUT2D eigenvalue weighted by Crippen LogP contribution is 2.36. The number of hydrogen-bond donors (Lipinski definition) is 5. The molecule has 662 valence electrons. The highest BCUT2D eigenvalue weighted by molar-refractivity contribution is 6.42. The minimum atomic E-state index is -0.453. The van der Waals surface area contributed by atoms with Crippen LogP contribution in [0.1, 0.15) is 141 Å². The van der Waals surface area contributed by atoms with Gasteiger partial charge < -0.3 is 65.0 Å². The fourth-order valence-corrected chi connectivity index (χ4v) is 17.5. The topological polar surface area (TPSA) is 405 Å². The highest BCUT2D eigenvalue weighted by atomic mass is 35.5. The number of ether oxygens (including phenoxy) is 1. The normalized spacial score (nSPS) is 17.2. The second-order valence-electron chi connectivity index (χ2n) is 32.3. The fraction of sp³-hybridized carbons (Fsp3) is 0.433. The first-order chi connectivity index (χ1) is 60.5. The number of fused-ring (bicyclic) bond motifs is 4. The number of nitrogens with two attached hydrogens (primary N) is 1. The van der Waals surface area contributed by atoms with Gasteiger partial charge in [0.2, 0.25) is 50.8 Å². The number of piperidine rings is 7. The number of carbonyl (C=O) groups excluding carboxylic acids is 10. The van der Waals surface area contributed by atoms with Gasteiger partial charge in [0.05, 0.1) is 72.8 Å². The van der Waals surface area contributed by atoms with E-state index < -0.39 is 11.4 Å². The first kappa shape index (κ1) is 92.9. The van der Waals surface area contributed by atoms with Crippen molar-refractivity contribution in [2.45, 2.75) is 146 Å². The largest absolute Gasteiger partial charge is 0.468 e. The fourth-order valence-electron chi connectivity index (χ4n) is 17.1. The molecule has 7 aliphatic heterocycles. The summed E-state index contributed by atoms with van der Waals surface area (Å²) >= 11 is 12.0. The minimum absolute atomic E-state index is 0.0220. The van der Waals surface area contributed by atoms with Gasteiger partial charge in [-0.25, -0.2) is 19.2 Å². The predicted octanol–water partition coefficient (Wildman–Crippen LogP) is 8.14. The molecule has 0 radical (unpaired) electrons. The molecule has 10 aromatic rings. The number of nitrogens with zero attached hydrogens (tertiary/aromatic N) is 13. The van der Waals surface area contributed by atoms with Crippen LogP contribution in [0.2, 0.25) is 10.0 Å². The zero-order valence-electron chi connectivity index (χ0n) is 70.5. The number of para-hydroxylation sites is 2. The number of aromatic nitrogens is 8. The van der Waals surface area contributed by atoms with Crippen molar-refractivity contribution >= 4 is 130 Å². The van der Waals surface area contributed by atoms with Crippen LogP contribution in [0.25, 0.3) is 44.1 Å². The van der Waals surface area contributed by atoms with E-state index in [9.17, 15) is 72.4 Å². The lowest BCUT2D eigenvalue weighted by atomic mass is 9.74. The van der Waals surface area contributed by atoms with Gasteiger partial charge in [0.1, 0.15) is 6.54 Å². The number of imidazole rings is 4. The van der Waals surface area contributed by atoms with Gasteiger partial charge in [-0.2, -0.15) is 5.26 Å². The molecule has 0 saturated carbocycles. The number of benzene rings is 6. The molecule has 33 nitrogen and oxygen atoms in total. The summed E-state index contributed by atoms with van der Waals surface area (Å²) in [6.45, 7) is 13.5. The summed E-state index contributed by atoms with van der Waals surface area (Å²) in [5.74, 6) is -0.748. The van der Waals surface area contributed by atoms with Gasteiger partial charge in [-0.1, -0.05) is 96.0 Å². The number of nitriles is 1. The van der Waals surface area contributed by atoms with E-state index in [2.05, 4.69) is 31.1 Å². The number of esters is 1. The van der Waals surface area contributed by atoms with E-state index in [0.29, 0.717) is 86.3 Å². The zero-order valence-corrected chi connectivity index (χ0v) is 72.0. The maximum absolute atomic E-state index is 12.8. The van der Waals surface area contributed by atoms with Crippen LogP contribution in [0.5, 0.6) is 0 Å². The second kappa shape index (κ2) is 44.5. The summed E-state index contributed by atoms with van der Waals surface area (Å²) < 4.78 is 13.3. The zero-order chi connectivity index (χ0) is 89.3. The molecule has 0 unspecified atom stereocenters. The Morgan fingerprint density at radius 2 is 0.824 bits per heavy atom. The number of aromatic amines is 3. The molecule has 125 heavy (non-hydrogen) atoms. The summed E-state index contributed by atoms with van der Waals surface area (Å²) in [6.07, 6.45) is 16.9. The third kappa shape index (κ3) is 23.6. The molecule has 0 aliphatic carbocycles. The molecule has 17 rings (SSSR count). The summed E-state index contributed by atoms with van der Waals surface area (Å²) in [5, 5.41) is 13.2. The van der Waals surface area contributed by atoms with Gasteiger partial charge in [0.25, 0.3) is 5.91 Å². The van der Waals surface area contributed by atoms with Crippen LogP contribution < -0.4 is 33.8 Å². The Balaban J connectivity index is 0.000000143. The van der Waals surface area contributed by atoms with Crippen LogP contribution in [-0.2, 0) is 59.8 Å². The van der Waals surface area contributed by atoms with Crippen LogP contribution in [0.4, 0.5) is 0 Å². The standard InChI is InChI=1S/C16H19N3O4.2C14H17N3O2.C13H13Cl2N3O2.C13H16N2O2.C13H14N2O.C7H12N2O2/c1-23-15(21)10-18-13-4-2-3-5-14(13)19(16(18)22)12-6-8-17(11-20)9-7-12;1-10-2-3-13-12(8-10)15-14(19)17(13)11-4-6-16(9-18)7-5-11;1-10-2-3-12-13(8-10)17(14(19)15-12)11-4-6-16(9-18)7-5-11;14-9-5-11-12(6-10(9)15)18(13(20)16-11)8-1-3-17(7-19)4-2-8;16-10-15-8-6-12(7-9-15)14-13(17)11-4-2-1-3-5-11;14-10-13(12-4-2-1-3-5-12)6-8-15(11-16)9-7-13;8-7(11)6-1-3-9(5-10)4-2-6/h2-5,11-12H,6-10H2,1H3;2*2-3,8-9,11H,4-7H2,1H3,(H,15,19);5-8H,1-4H2,(H,16,20);1-5,10,12H,6-9H2,(H,14,17);1-5,11H,6-9H2;5-6H,1-4H2,(H2,8,11). The van der Waals surface area contributed by atoms with E-state index >= 15 is 0 Å². The SMILES string of the molecule is COC(=O)Cn1c(=O)n(C2CCN(C=O)CC2)c2ccccc21.Cc1ccc2[nH]c(=O)n(C3CCN(C=O)CC3)c2c1.Cc1ccc2c(c1)[nH]c(=O)n2C1CCN(C=O)CC1.N#CC1(c2ccccc2)CCN(C=O)CC1.NC(=O)C1CCN(C=O)CC1.O=CN1CCC(NC(=O)c2ccccc2)CC1.O=CN1CCC(n2c(=O)[nH]c3cc(Cl)c(Cl)cc32)CC1. The number of nitrogens with one attached hydrogen (secondary N) is 4. The maximum atomic E-state index is 12.8. The first-order valence-corrected chi connectivity index (χ1v) is 43.0. The van der Waals surface area contributed by atoms with Crippen molar-refractivity contribution in [2.24, 2.45) is 11.7 Å². The molecule has 7 fully saturated rings. The molecule has 0 spiro atoms. The number of halogens is 2. The predicted molar refractivity (Wildman–Crippen MR) is 474 cm³/mol. The summed E-state index contributed by atoms with van der Waals surface area (Å²) in [6, 6.07) is 44.9. The summed E-state index contributed by atoms with van der Waals surface area (Å²) in [4.78, 5) is 179. The molecule has 0 atom stereocenters. The number of H-pyrrole nitrogens is 3. The van der Waals surface area contributed by atoms with Crippen molar-refractivity contribution in [3.8, 4) is 6.07 Å². The molecule has 9 amide bonds. The average Bonchev–Trinajstić information content (AvgIpc) is 1.63. The number of likely N-dealkylation sites (tertiary alicyclic amines) is 7. The van der Waals surface area contributed by atoms with Crippen LogP contribution in [0.15, 0.2) is 153 Å². The van der Waals surface area contributed by atoms with Crippen molar-refractivity contribution in [3.63, 3.8) is 0 Å². The molecule has 6 aromatic carbocycles. The molecular weight excluding hydrogens is 1640 g/mol. The minimum Gasteiger partial charge on any atom is -0.468 e. The van der Waals surface area contributed by atoms with Crippen LogP contribution in [0, 0.1) is 31.1 Å². The van der Waals surface area contributed by atoms with Gasteiger partial charge >= 0.3 is 28.7 Å². The molecule has 7 saturated heterocycles. The van der Waals surface area contributed by atoms with Gasteiger partial charge in [0, 0.05) is 133 Å². The Kier molecular flexibility index (Phi) is 33.1. The van der Waals surface area contributed by atoms with Gasteiger partial charge in [-0.3, -0.25) is 70.8 Å². The van der Waals surface area contributed by atoms with E-state index in [1.165, 1.54) is 11.7 Å². The third-order valence-corrected chi connectivity index (χ3v) is 25.1. The first-order valence-electron chi connectivity index (χ1n) is 42.2. The van der Waals surface area contributed by atoms with E-state index in [-0.39, 0.29) is 77.2 Å². The molecule has 11 heterocycles. The number of aryl methyl sites for hydroxylation is 2. The van der Waals surface area contributed by atoms with Crippen LogP contribution >= 0.6 is 23.2 Å². The smallest absolute Gasteiger partial charge is 0.329 e. The number of rotatable bonds is 17. The Morgan fingerprint density at radius 1 is 0.448 bits per heavy atom. The van der Waals surface area contributed by atoms with Crippen molar-refractivity contribution in [2.75, 3.05) is 98.7 Å². The molecule has 4 aromatic heterocycles. The van der Waals surface area contributed by atoms with E-state index in [0.717, 1.165) is 216 Å². The number of methoxy groups -OCH3 is 1. The second-order valence-corrected chi connectivity index (χ2v) is 33.1. The highest BCUT2D eigenvalue weighted by Gasteiger charge is 2.37. The molecule has 6 N–H and O–H groups in total. The van der Waals surface area contributed by atoms with E-state index in [1.54, 1.807) is 67.7 Å². The van der Waals surface area contributed by atoms with Gasteiger partial charge in [0.15, 0.2) is 0 Å². The number of hydrogen-bond acceptors (Lipinski definition) is 16. The van der Waals surface area contributed by atoms with Gasteiger partial charge in [-0.05, 0) is 181 Å². The van der Waals surface area contributed by atoms with E-state index in [4.69, 9.17) is 28.9 Å². The Bertz CT molecular complexity index is 5660. The van der Waals surface area contributed by atoms with Crippen molar-refractivity contribution < 1.29 is 52.7 Å². The lowest BCUT2D eigenvalue weighted by Crippen LogP contribution is -2.44. The van der Waals surface area contributed by atoms with E-state index in [1.807, 2.05) is 132 Å². The Hall–Kier alpha value is -12.8. The Morgan fingerprint density at radius 3 is 1.28 bits per heavy atom. The lowest BCUT2D eigenvalue weighted by Gasteiger charge is -2.35. The Labute approximate surface area is 731 Å². The monoisotopic (exact) mass is 1750 g/mol. The third-order valence-electron chi connectivity index (χ3n) is 24.4. The number of carbonyl (C=O) groups is 10. The molecule has 7 aliphatic rings.